The van der Waals surface area contributed by atoms with Crippen LogP contribution in [0.1, 0.15) is 37.8 Å². The van der Waals surface area contributed by atoms with Gasteiger partial charge in [0.05, 0.1) is 38.6 Å². The van der Waals surface area contributed by atoms with Crippen LogP contribution in [0.5, 0.6) is 0 Å². The van der Waals surface area contributed by atoms with Crippen LogP contribution >= 0.6 is 0 Å². The zero-order valence-corrected chi connectivity index (χ0v) is 19.9. The minimum Gasteiger partial charge on any atom is -0.379 e. The van der Waals surface area contributed by atoms with Gasteiger partial charge in [0, 0.05) is 25.9 Å². The van der Waals surface area contributed by atoms with Crippen molar-refractivity contribution in [3.05, 3.63) is 48.0 Å². The molecule has 1 aromatic rings. The van der Waals surface area contributed by atoms with E-state index in [9.17, 15) is 4.79 Å². The molecule has 2 saturated heterocycles. The molecule has 0 radical (unpaired) electrons. The van der Waals surface area contributed by atoms with E-state index in [1.54, 1.807) is 6.08 Å². The molecular formula is C25H36N2O6. The number of nitrogens with one attached hydrogen (secondary N) is 1. The van der Waals surface area contributed by atoms with Crippen molar-refractivity contribution in [3.63, 3.8) is 0 Å². The predicted molar refractivity (Wildman–Crippen MR) is 122 cm³/mol. The molecule has 0 spiro atoms. The zero-order chi connectivity index (χ0) is 23.5. The van der Waals surface area contributed by atoms with Crippen molar-refractivity contribution in [3.8, 4) is 0 Å². The van der Waals surface area contributed by atoms with Gasteiger partial charge in [-0.1, -0.05) is 35.9 Å². The number of hydrogen-bond donors (Lipinski definition) is 1. The van der Waals surface area contributed by atoms with Gasteiger partial charge in [0.15, 0.2) is 11.4 Å². The van der Waals surface area contributed by atoms with Crippen molar-refractivity contribution < 1.29 is 28.5 Å². The lowest BCUT2D eigenvalue weighted by atomic mass is 9.78. The van der Waals surface area contributed by atoms with Gasteiger partial charge in [0.2, 0.25) is 0 Å². The molecule has 1 amide bonds. The highest BCUT2D eigenvalue weighted by molar-refractivity contribution is 5.85. The standard InChI is InChI=1S/C25H36N2O6/c1-5-11-30-20-15-25(16-21-22(20)33-24(3,4)32-21,23(28)26-27-9-12-29-13-10-27)31-17-19-8-6-7-18(2)14-19/h5-8,14,20-22H,1,9-13,15-17H2,2-4H3,(H,26,28)/t20?,21-,22+,25-/m1/s1. The van der Waals surface area contributed by atoms with Crippen molar-refractivity contribution in [2.75, 3.05) is 32.9 Å². The number of rotatable bonds is 8. The lowest BCUT2D eigenvalue weighted by Gasteiger charge is -2.44. The van der Waals surface area contributed by atoms with Crippen molar-refractivity contribution in [2.45, 2.75) is 69.9 Å². The summed E-state index contributed by atoms with van der Waals surface area (Å²) in [5, 5.41) is 1.89. The molecule has 1 N–H and O–H groups in total. The van der Waals surface area contributed by atoms with Gasteiger partial charge in [-0.25, -0.2) is 5.01 Å². The quantitative estimate of drug-likeness (QED) is 0.597. The number of benzene rings is 1. The van der Waals surface area contributed by atoms with Gasteiger partial charge in [-0.3, -0.25) is 10.2 Å². The van der Waals surface area contributed by atoms with Crippen LogP contribution in [0.4, 0.5) is 0 Å². The average Bonchev–Trinajstić information content (AvgIpc) is 3.10. The first-order valence-electron chi connectivity index (χ1n) is 11.7. The van der Waals surface area contributed by atoms with Crippen LogP contribution < -0.4 is 5.43 Å². The molecule has 2 heterocycles. The lowest BCUT2D eigenvalue weighted by molar-refractivity contribution is -0.185. The van der Waals surface area contributed by atoms with Crippen LogP contribution in [0.15, 0.2) is 36.9 Å². The van der Waals surface area contributed by atoms with Crippen LogP contribution in [0.3, 0.4) is 0 Å². The molecule has 1 aliphatic carbocycles. The number of hydrazine groups is 1. The third-order valence-electron chi connectivity index (χ3n) is 6.36. The van der Waals surface area contributed by atoms with E-state index in [1.165, 1.54) is 0 Å². The molecule has 1 saturated carbocycles. The van der Waals surface area contributed by atoms with E-state index in [4.69, 9.17) is 23.7 Å². The maximum Gasteiger partial charge on any atom is 0.266 e. The summed E-state index contributed by atoms with van der Waals surface area (Å²) in [7, 11) is 0. The summed E-state index contributed by atoms with van der Waals surface area (Å²) >= 11 is 0. The summed E-state index contributed by atoms with van der Waals surface area (Å²) in [5.41, 5.74) is 4.11. The van der Waals surface area contributed by atoms with Gasteiger partial charge in [-0.2, -0.15) is 0 Å². The highest BCUT2D eigenvalue weighted by Gasteiger charge is 2.58. The molecule has 1 unspecified atom stereocenters. The summed E-state index contributed by atoms with van der Waals surface area (Å²) < 4.78 is 30.4. The number of hydrogen-bond acceptors (Lipinski definition) is 7. The molecule has 4 atom stereocenters. The number of aryl methyl sites for hydroxylation is 1. The second-order valence-electron chi connectivity index (χ2n) is 9.52. The fourth-order valence-electron chi connectivity index (χ4n) is 4.84. The summed E-state index contributed by atoms with van der Waals surface area (Å²) in [6.45, 7) is 12.7. The molecular weight excluding hydrogens is 424 g/mol. The van der Waals surface area contributed by atoms with Crippen molar-refractivity contribution >= 4 is 5.91 Å². The fraction of sp³-hybridized carbons (Fsp3) is 0.640. The van der Waals surface area contributed by atoms with Gasteiger partial charge < -0.3 is 23.7 Å². The third kappa shape index (κ3) is 5.82. The number of fused-ring (bicyclic) bond motifs is 1. The summed E-state index contributed by atoms with van der Waals surface area (Å²) in [6.07, 6.45) is 1.49. The first-order valence-corrected chi connectivity index (χ1v) is 11.7. The minimum atomic E-state index is -1.13. The monoisotopic (exact) mass is 460 g/mol. The van der Waals surface area contributed by atoms with Crippen molar-refractivity contribution in [1.29, 1.82) is 0 Å². The summed E-state index contributed by atoms with van der Waals surface area (Å²) in [6, 6.07) is 8.12. The van der Waals surface area contributed by atoms with Gasteiger partial charge in [0.25, 0.3) is 5.91 Å². The van der Waals surface area contributed by atoms with E-state index < -0.39 is 11.4 Å². The molecule has 0 aromatic heterocycles. The number of carbonyl (C=O) groups is 1. The maximum absolute atomic E-state index is 13.8. The maximum atomic E-state index is 13.8. The molecule has 0 bridgehead atoms. The normalized spacial score (nSPS) is 31.7. The molecule has 4 rings (SSSR count). The Morgan fingerprint density at radius 2 is 2.06 bits per heavy atom. The number of nitrogens with zero attached hydrogens (tertiary/aromatic N) is 1. The number of ether oxygens (including phenoxy) is 5. The Morgan fingerprint density at radius 1 is 1.27 bits per heavy atom. The second kappa shape index (κ2) is 10.2. The topological polar surface area (TPSA) is 78.5 Å². The highest BCUT2D eigenvalue weighted by atomic mass is 16.8. The predicted octanol–water partition coefficient (Wildman–Crippen LogP) is 2.50. The molecule has 33 heavy (non-hydrogen) atoms. The Labute approximate surface area is 196 Å². The van der Waals surface area contributed by atoms with E-state index in [0.29, 0.717) is 52.4 Å². The summed E-state index contributed by atoms with van der Waals surface area (Å²) in [5.74, 6) is -0.936. The second-order valence-corrected chi connectivity index (χ2v) is 9.52. The van der Waals surface area contributed by atoms with E-state index in [0.717, 1.165) is 11.1 Å². The van der Waals surface area contributed by atoms with E-state index in [-0.39, 0.29) is 24.2 Å². The van der Waals surface area contributed by atoms with Crippen LogP contribution in [0.2, 0.25) is 0 Å². The van der Waals surface area contributed by atoms with Crippen molar-refractivity contribution in [2.24, 2.45) is 0 Å². The Morgan fingerprint density at radius 3 is 2.79 bits per heavy atom. The van der Waals surface area contributed by atoms with Gasteiger partial charge >= 0.3 is 0 Å². The largest absolute Gasteiger partial charge is 0.379 e. The van der Waals surface area contributed by atoms with Crippen LogP contribution in [0.25, 0.3) is 0 Å². The Hall–Kier alpha value is -1.81. The molecule has 8 nitrogen and oxygen atoms in total. The van der Waals surface area contributed by atoms with Crippen LogP contribution in [0, 0.1) is 6.92 Å². The van der Waals surface area contributed by atoms with Gasteiger partial charge in [-0.15, -0.1) is 6.58 Å². The first kappa shape index (κ1) is 24.3. The number of carbonyl (C=O) groups excluding carboxylic acids is 1. The Kier molecular flexibility index (Phi) is 7.53. The fourth-order valence-corrected chi connectivity index (χ4v) is 4.84. The molecule has 2 aliphatic heterocycles. The van der Waals surface area contributed by atoms with Crippen LogP contribution in [-0.2, 0) is 35.1 Å². The molecule has 3 fully saturated rings. The highest BCUT2D eigenvalue weighted by Crippen LogP contribution is 2.44. The molecule has 8 heteroatoms. The number of amides is 1. The summed E-state index contributed by atoms with van der Waals surface area (Å²) in [4.78, 5) is 13.8. The smallest absolute Gasteiger partial charge is 0.266 e. The third-order valence-corrected chi connectivity index (χ3v) is 6.36. The lowest BCUT2D eigenvalue weighted by Crippen LogP contribution is -2.63. The molecule has 1 aromatic carbocycles. The van der Waals surface area contributed by atoms with Gasteiger partial charge in [0.1, 0.15) is 6.10 Å². The van der Waals surface area contributed by atoms with E-state index in [1.807, 2.05) is 44.0 Å². The SMILES string of the molecule is C=CCOC1C[C@](OCc2cccc(C)c2)(C(=O)NN2CCOCC2)C[C@H]2OC(C)(C)O[C@@H]12. The first-order chi connectivity index (χ1) is 15.8. The van der Waals surface area contributed by atoms with Crippen LogP contribution in [-0.4, -0.2) is 73.5 Å². The molecule has 3 aliphatic rings. The molecule has 182 valence electrons. The zero-order valence-electron chi connectivity index (χ0n) is 19.9. The van der Waals surface area contributed by atoms with Crippen molar-refractivity contribution in [1.82, 2.24) is 10.4 Å². The van der Waals surface area contributed by atoms with E-state index >= 15 is 0 Å². The van der Waals surface area contributed by atoms with E-state index in [2.05, 4.69) is 18.1 Å². The Balaban J connectivity index is 1.59. The Bertz CT molecular complexity index is 840. The number of morpholine rings is 1. The minimum absolute atomic E-state index is 0.184. The van der Waals surface area contributed by atoms with Gasteiger partial charge in [-0.05, 0) is 26.3 Å². The average molecular weight is 461 g/mol.